The van der Waals surface area contributed by atoms with E-state index in [4.69, 9.17) is 14.2 Å². The Morgan fingerprint density at radius 1 is 1.04 bits per heavy atom. The molecule has 2 aromatic carbocycles. The smallest absolute Gasteiger partial charge is 0.211 e. The van der Waals surface area contributed by atoms with Crippen molar-refractivity contribution in [1.29, 1.82) is 0 Å². The van der Waals surface area contributed by atoms with Crippen molar-refractivity contribution in [3.8, 4) is 28.7 Å². The maximum atomic E-state index is 12.5. The third-order valence-corrected chi connectivity index (χ3v) is 3.80. The van der Waals surface area contributed by atoms with E-state index in [2.05, 4.69) is 0 Å². The number of carbonyl (C=O) groups is 1. The fourth-order valence-corrected chi connectivity index (χ4v) is 2.72. The Bertz CT molecular complexity index is 754. The molecule has 2 N–H and O–H groups in total. The molecule has 1 heterocycles. The monoisotopic (exact) mass is 316 g/mol. The van der Waals surface area contributed by atoms with Crippen LogP contribution in [0.1, 0.15) is 28.4 Å². The summed E-state index contributed by atoms with van der Waals surface area (Å²) in [6, 6.07) is 9.20. The van der Waals surface area contributed by atoms with E-state index in [0.717, 1.165) is 5.56 Å². The number of ether oxygens (including phenoxy) is 3. The number of phenolic OH excluding ortho intramolecular Hbond substituents is 2. The van der Waals surface area contributed by atoms with Crippen LogP contribution in [0.3, 0.4) is 0 Å². The summed E-state index contributed by atoms with van der Waals surface area (Å²) in [7, 11) is 2.63. The van der Waals surface area contributed by atoms with Gasteiger partial charge in [0.15, 0.2) is 17.3 Å². The number of ketones is 1. The molecule has 0 fully saturated rings. The fourth-order valence-electron chi connectivity index (χ4n) is 2.72. The number of carbonyl (C=O) groups excluding carboxylic acids is 1. The second-order valence-electron chi connectivity index (χ2n) is 5.11. The summed E-state index contributed by atoms with van der Waals surface area (Å²) >= 11 is 0. The average Bonchev–Trinajstić information content (AvgIpc) is 2.57. The predicted molar refractivity (Wildman–Crippen MR) is 81.6 cm³/mol. The molecule has 1 aliphatic rings. The Balaban J connectivity index is 2.15. The first-order chi connectivity index (χ1) is 11.1. The van der Waals surface area contributed by atoms with Crippen molar-refractivity contribution >= 4 is 5.78 Å². The molecule has 0 saturated heterocycles. The van der Waals surface area contributed by atoms with Gasteiger partial charge >= 0.3 is 0 Å². The number of Topliss-reactive ketones (excluding diaryl/α,β-unsaturated/α-hetero) is 1. The number of hydrogen-bond acceptors (Lipinski definition) is 6. The summed E-state index contributed by atoms with van der Waals surface area (Å²) in [6.45, 7) is 0. The van der Waals surface area contributed by atoms with Gasteiger partial charge in [-0.1, -0.05) is 30.3 Å². The zero-order valence-electron chi connectivity index (χ0n) is 12.7. The zero-order valence-corrected chi connectivity index (χ0v) is 12.7. The standard InChI is InChI=1S/C17H16O6/c1-21-16-13(19)12-10(18)8-11(9-6-4-3-5-7-9)23-15(12)14(20)17(16)22-2/h3-7,11,19-20H,8H2,1-2H3/t11-/m0/s1. The summed E-state index contributed by atoms with van der Waals surface area (Å²) < 4.78 is 15.9. The van der Waals surface area contributed by atoms with Gasteiger partial charge in [0.25, 0.3) is 0 Å². The summed E-state index contributed by atoms with van der Waals surface area (Å²) in [5.41, 5.74) is 0.715. The first-order valence-electron chi connectivity index (χ1n) is 7.03. The van der Waals surface area contributed by atoms with E-state index in [1.54, 1.807) is 0 Å². The van der Waals surface area contributed by atoms with E-state index in [1.165, 1.54) is 14.2 Å². The summed E-state index contributed by atoms with van der Waals surface area (Å²) in [6.07, 6.45) is -0.487. The van der Waals surface area contributed by atoms with Crippen molar-refractivity contribution in [1.82, 2.24) is 0 Å². The first kappa shape index (κ1) is 15.0. The quantitative estimate of drug-likeness (QED) is 0.847. The van der Waals surface area contributed by atoms with Gasteiger partial charge in [-0.3, -0.25) is 4.79 Å². The lowest BCUT2D eigenvalue weighted by Gasteiger charge is -2.28. The van der Waals surface area contributed by atoms with Crippen molar-refractivity contribution in [3.63, 3.8) is 0 Å². The Morgan fingerprint density at radius 2 is 1.65 bits per heavy atom. The van der Waals surface area contributed by atoms with Crippen molar-refractivity contribution in [3.05, 3.63) is 41.5 Å². The Kier molecular flexibility index (Phi) is 3.73. The maximum absolute atomic E-state index is 12.5. The molecular weight excluding hydrogens is 300 g/mol. The molecule has 0 saturated carbocycles. The predicted octanol–water partition coefficient (Wildman–Crippen LogP) is 2.82. The van der Waals surface area contributed by atoms with Gasteiger partial charge in [-0.25, -0.2) is 0 Å². The SMILES string of the molecule is COc1c(O)c2c(c(O)c1OC)C(=O)C[C@@H](c1ccccc1)O2. The van der Waals surface area contributed by atoms with Gasteiger partial charge in [0, 0.05) is 0 Å². The highest BCUT2D eigenvalue weighted by Gasteiger charge is 2.37. The molecule has 0 spiro atoms. The Labute approximate surface area is 132 Å². The van der Waals surface area contributed by atoms with Gasteiger partial charge in [-0.05, 0) is 5.56 Å². The molecule has 0 aromatic heterocycles. The van der Waals surface area contributed by atoms with Gasteiger partial charge in [0.1, 0.15) is 11.7 Å². The molecule has 3 rings (SSSR count). The van der Waals surface area contributed by atoms with Gasteiger partial charge in [-0.15, -0.1) is 0 Å². The first-order valence-corrected chi connectivity index (χ1v) is 7.03. The van der Waals surface area contributed by atoms with E-state index < -0.39 is 11.9 Å². The Hall–Kier alpha value is -2.89. The molecule has 0 bridgehead atoms. The highest BCUT2D eigenvalue weighted by atomic mass is 16.5. The number of methoxy groups -OCH3 is 2. The third-order valence-electron chi connectivity index (χ3n) is 3.80. The second-order valence-corrected chi connectivity index (χ2v) is 5.11. The minimum Gasteiger partial charge on any atom is -0.504 e. The van der Waals surface area contributed by atoms with Crippen LogP contribution in [0.5, 0.6) is 28.7 Å². The molecular formula is C17H16O6. The van der Waals surface area contributed by atoms with Crippen LogP contribution < -0.4 is 14.2 Å². The number of rotatable bonds is 3. The van der Waals surface area contributed by atoms with Gasteiger partial charge < -0.3 is 24.4 Å². The summed E-state index contributed by atoms with van der Waals surface area (Å²) in [5.74, 6) is -1.37. The molecule has 0 amide bonds. The zero-order chi connectivity index (χ0) is 16.6. The lowest BCUT2D eigenvalue weighted by molar-refractivity contribution is 0.0834. The number of fused-ring (bicyclic) bond motifs is 1. The highest BCUT2D eigenvalue weighted by molar-refractivity contribution is 6.05. The fraction of sp³-hybridized carbons (Fsp3) is 0.235. The number of aromatic hydroxyl groups is 2. The molecule has 23 heavy (non-hydrogen) atoms. The molecule has 0 radical (unpaired) electrons. The van der Waals surface area contributed by atoms with Crippen molar-refractivity contribution in [2.75, 3.05) is 14.2 Å². The van der Waals surface area contributed by atoms with Crippen LogP contribution in [0.4, 0.5) is 0 Å². The minimum absolute atomic E-state index is 0.0551. The van der Waals surface area contributed by atoms with Gasteiger partial charge in [0.05, 0.1) is 20.6 Å². The second kappa shape index (κ2) is 5.72. The van der Waals surface area contributed by atoms with E-state index in [9.17, 15) is 15.0 Å². The lowest BCUT2D eigenvalue weighted by atomic mass is 9.94. The van der Waals surface area contributed by atoms with Crippen LogP contribution in [-0.4, -0.2) is 30.2 Å². The van der Waals surface area contributed by atoms with Crippen LogP contribution in [0.15, 0.2) is 30.3 Å². The Morgan fingerprint density at radius 3 is 2.26 bits per heavy atom. The number of benzene rings is 2. The van der Waals surface area contributed by atoms with Gasteiger partial charge in [-0.2, -0.15) is 0 Å². The molecule has 1 atom stereocenters. The van der Waals surface area contributed by atoms with Crippen LogP contribution in [0.2, 0.25) is 0 Å². The minimum atomic E-state index is -0.542. The molecule has 6 nitrogen and oxygen atoms in total. The van der Waals surface area contributed by atoms with E-state index >= 15 is 0 Å². The summed E-state index contributed by atoms with van der Waals surface area (Å²) in [5, 5.41) is 20.6. The topological polar surface area (TPSA) is 85.2 Å². The largest absolute Gasteiger partial charge is 0.504 e. The van der Waals surface area contributed by atoms with Gasteiger partial charge in [0.2, 0.25) is 17.2 Å². The summed E-state index contributed by atoms with van der Waals surface area (Å²) in [4.78, 5) is 12.5. The maximum Gasteiger partial charge on any atom is 0.211 e. The van der Waals surface area contributed by atoms with Crippen molar-refractivity contribution in [2.24, 2.45) is 0 Å². The number of hydrogen-bond donors (Lipinski definition) is 2. The lowest BCUT2D eigenvalue weighted by Crippen LogP contribution is -2.21. The van der Waals surface area contributed by atoms with Crippen LogP contribution in [0, 0.1) is 0 Å². The van der Waals surface area contributed by atoms with E-state index in [0.29, 0.717) is 0 Å². The molecule has 1 aliphatic heterocycles. The molecule has 0 aliphatic carbocycles. The molecule has 2 aromatic rings. The van der Waals surface area contributed by atoms with E-state index in [1.807, 2.05) is 30.3 Å². The molecule has 0 unspecified atom stereocenters. The van der Waals surface area contributed by atoms with Crippen LogP contribution in [0.25, 0.3) is 0 Å². The van der Waals surface area contributed by atoms with E-state index in [-0.39, 0.29) is 40.8 Å². The molecule has 6 heteroatoms. The third kappa shape index (κ3) is 2.32. The van der Waals surface area contributed by atoms with Crippen molar-refractivity contribution < 1.29 is 29.2 Å². The highest BCUT2D eigenvalue weighted by Crippen LogP contribution is 2.55. The van der Waals surface area contributed by atoms with Crippen molar-refractivity contribution in [2.45, 2.75) is 12.5 Å². The average molecular weight is 316 g/mol. The molecule has 120 valence electrons. The van der Waals surface area contributed by atoms with Crippen LogP contribution >= 0.6 is 0 Å². The number of phenols is 2. The van der Waals surface area contributed by atoms with Crippen LogP contribution in [-0.2, 0) is 0 Å². The normalized spacial score (nSPS) is 16.4.